The Morgan fingerprint density at radius 3 is 2.95 bits per heavy atom. The number of carbonyl (C=O) groups excluding carboxylic acids is 1. The summed E-state index contributed by atoms with van der Waals surface area (Å²) in [6.07, 6.45) is 1.72. The first kappa shape index (κ1) is 14.3. The number of nitrogens with two attached hydrogens (primary N) is 1. The van der Waals surface area contributed by atoms with E-state index in [0.717, 1.165) is 5.01 Å². The van der Waals surface area contributed by atoms with Gasteiger partial charge < -0.3 is 15.8 Å². The molecule has 0 aliphatic heterocycles. The number of hydrogen-bond acceptors (Lipinski definition) is 5. The van der Waals surface area contributed by atoms with Gasteiger partial charge in [0.15, 0.2) is 6.61 Å². The van der Waals surface area contributed by atoms with Crippen LogP contribution in [0.2, 0.25) is 0 Å². The molecule has 0 saturated carbocycles. The maximum atomic E-state index is 11.9. The number of aromatic nitrogens is 1. The Hall–Kier alpha value is -2.08. The van der Waals surface area contributed by atoms with Crippen molar-refractivity contribution in [2.75, 3.05) is 12.3 Å². The third kappa shape index (κ3) is 3.71. The summed E-state index contributed by atoms with van der Waals surface area (Å²) in [5.41, 5.74) is 5.74. The molecule has 0 spiro atoms. The Bertz CT molecular complexity index is 582. The van der Waals surface area contributed by atoms with E-state index in [9.17, 15) is 4.79 Å². The summed E-state index contributed by atoms with van der Waals surface area (Å²) in [7, 11) is 0. The number of ether oxygens (including phenoxy) is 1. The molecule has 0 saturated heterocycles. The molecule has 0 radical (unpaired) electrons. The molecule has 1 aromatic carbocycles. The zero-order valence-electron chi connectivity index (χ0n) is 11.4. The zero-order valence-corrected chi connectivity index (χ0v) is 12.2. The number of rotatable bonds is 5. The summed E-state index contributed by atoms with van der Waals surface area (Å²) in [5, 5.41) is 5.63. The fourth-order valence-electron chi connectivity index (χ4n) is 1.72. The topological polar surface area (TPSA) is 77.2 Å². The van der Waals surface area contributed by atoms with Crippen molar-refractivity contribution in [2.45, 2.75) is 19.4 Å². The van der Waals surface area contributed by atoms with E-state index in [4.69, 9.17) is 10.5 Å². The van der Waals surface area contributed by atoms with Crippen LogP contribution in [0.3, 0.4) is 0 Å². The normalized spacial score (nSPS) is 11.1. The molecule has 6 heteroatoms. The van der Waals surface area contributed by atoms with Crippen LogP contribution in [0.15, 0.2) is 35.8 Å². The van der Waals surface area contributed by atoms with Crippen molar-refractivity contribution in [1.29, 1.82) is 0 Å². The summed E-state index contributed by atoms with van der Waals surface area (Å²) in [6.45, 7) is 3.76. The van der Waals surface area contributed by atoms with Crippen LogP contribution >= 0.6 is 11.3 Å². The minimum Gasteiger partial charge on any atom is -0.484 e. The zero-order chi connectivity index (χ0) is 14.6. The van der Waals surface area contributed by atoms with Crippen molar-refractivity contribution in [2.24, 2.45) is 0 Å². The lowest BCUT2D eigenvalue weighted by atomic mass is 10.1. The lowest BCUT2D eigenvalue weighted by molar-refractivity contribution is -0.124. The van der Waals surface area contributed by atoms with Gasteiger partial charge in [-0.3, -0.25) is 4.79 Å². The van der Waals surface area contributed by atoms with Gasteiger partial charge in [-0.2, -0.15) is 0 Å². The Kier molecular flexibility index (Phi) is 4.24. The lowest BCUT2D eigenvalue weighted by Crippen LogP contribution is -2.43. The van der Waals surface area contributed by atoms with E-state index >= 15 is 0 Å². The second-order valence-corrected chi connectivity index (χ2v) is 5.77. The van der Waals surface area contributed by atoms with Crippen molar-refractivity contribution in [1.82, 2.24) is 10.3 Å². The monoisotopic (exact) mass is 291 g/mol. The first-order valence-corrected chi connectivity index (χ1v) is 7.05. The lowest BCUT2D eigenvalue weighted by Gasteiger charge is -2.23. The van der Waals surface area contributed by atoms with Crippen LogP contribution in [0.4, 0.5) is 5.69 Å². The number of nitrogens with one attached hydrogen (secondary N) is 1. The summed E-state index contributed by atoms with van der Waals surface area (Å²) in [4.78, 5) is 16.1. The van der Waals surface area contributed by atoms with Crippen LogP contribution in [0.1, 0.15) is 18.9 Å². The van der Waals surface area contributed by atoms with Gasteiger partial charge in [-0.15, -0.1) is 11.3 Å². The predicted octanol–water partition coefficient (Wildman–Crippen LogP) is 2.16. The number of nitrogens with zero attached hydrogens (tertiary/aromatic N) is 1. The van der Waals surface area contributed by atoms with Crippen molar-refractivity contribution >= 4 is 22.9 Å². The summed E-state index contributed by atoms with van der Waals surface area (Å²) < 4.78 is 5.40. The van der Waals surface area contributed by atoms with Crippen molar-refractivity contribution in [3.8, 4) is 5.75 Å². The summed E-state index contributed by atoms with van der Waals surface area (Å²) in [6, 6.07) is 6.98. The van der Waals surface area contributed by atoms with E-state index < -0.39 is 5.54 Å². The SMILES string of the molecule is CC(C)(NC(=O)COc1cccc(N)c1)c1nccs1. The molecule has 2 aromatic rings. The first-order valence-electron chi connectivity index (χ1n) is 6.17. The quantitative estimate of drug-likeness (QED) is 0.828. The van der Waals surface area contributed by atoms with Crippen molar-refractivity contribution < 1.29 is 9.53 Å². The van der Waals surface area contributed by atoms with E-state index in [-0.39, 0.29) is 12.5 Å². The molecule has 0 aliphatic rings. The third-order valence-corrected chi connectivity index (χ3v) is 3.74. The average Bonchev–Trinajstić information content (AvgIpc) is 2.90. The van der Waals surface area contributed by atoms with Crippen LogP contribution in [0, 0.1) is 0 Å². The van der Waals surface area contributed by atoms with E-state index in [2.05, 4.69) is 10.3 Å². The molecule has 0 fully saturated rings. The Morgan fingerprint density at radius 2 is 2.30 bits per heavy atom. The highest BCUT2D eigenvalue weighted by molar-refractivity contribution is 7.09. The summed E-state index contributed by atoms with van der Waals surface area (Å²) in [5.74, 6) is 0.375. The summed E-state index contributed by atoms with van der Waals surface area (Å²) >= 11 is 1.51. The standard InChI is InChI=1S/C14H17N3O2S/c1-14(2,13-16-6-7-20-13)17-12(18)9-19-11-5-3-4-10(15)8-11/h3-8H,9,15H2,1-2H3,(H,17,18). The minimum absolute atomic E-state index is 0.0573. The molecule has 5 nitrogen and oxygen atoms in total. The van der Waals surface area contributed by atoms with Gasteiger partial charge in [0.2, 0.25) is 0 Å². The molecule has 0 unspecified atom stereocenters. The molecule has 20 heavy (non-hydrogen) atoms. The van der Waals surface area contributed by atoms with Gasteiger partial charge in [-0.25, -0.2) is 4.98 Å². The number of amides is 1. The highest BCUT2D eigenvalue weighted by Crippen LogP contribution is 2.22. The number of nitrogen functional groups attached to an aromatic ring is 1. The van der Waals surface area contributed by atoms with Gasteiger partial charge >= 0.3 is 0 Å². The van der Waals surface area contributed by atoms with Crippen LogP contribution < -0.4 is 15.8 Å². The number of anilines is 1. The van der Waals surface area contributed by atoms with E-state index in [1.807, 2.05) is 19.2 Å². The van der Waals surface area contributed by atoms with Gasteiger partial charge in [0.1, 0.15) is 10.8 Å². The highest BCUT2D eigenvalue weighted by atomic mass is 32.1. The predicted molar refractivity (Wildman–Crippen MR) is 79.6 cm³/mol. The van der Waals surface area contributed by atoms with Gasteiger partial charge in [0.25, 0.3) is 5.91 Å². The fraction of sp³-hybridized carbons (Fsp3) is 0.286. The molecule has 1 aromatic heterocycles. The average molecular weight is 291 g/mol. The Morgan fingerprint density at radius 1 is 1.50 bits per heavy atom. The Labute approximate surface area is 121 Å². The van der Waals surface area contributed by atoms with E-state index in [0.29, 0.717) is 11.4 Å². The van der Waals surface area contributed by atoms with Gasteiger partial charge in [-0.05, 0) is 26.0 Å². The van der Waals surface area contributed by atoms with Crippen molar-refractivity contribution in [3.63, 3.8) is 0 Å². The number of carbonyl (C=O) groups is 1. The fourth-order valence-corrected chi connectivity index (χ4v) is 2.44. The maximum absolute atomic E-state index is 11.9. The van der Waals surface area contributed by atoms with Gasteiger partial charge in [-0.1, -0.05) is 6.07 Å². The molecular weight excluding hydrogens is 274 g/mol. The minimum atomic E-state index is -0.510. The molecule has 0 aliphatic carbocycles. The molecular formula is C14H17N3O2S. The molecule has 3 N–H and O–H groups in total. The smallest absolute Gasteiger partial charge is 0.258 e. The van der Waals surface area contributed by atoms with Gasteiger partial charge in [0.05, 0.1) is 5.54 Å². The molecule has 1 amide bonds. The maximum Gasteiger partial charge on any atom is 0.258 e. The van der Waals surface area contributed by atoms with Crippen LogP contribution in [0.25, 0.3) is 0 Å². The Balaban J connectivity index is 1.90. The number of benzene rings is 1. The van der Waals surface area contributed by atoms with Crippen LogP contribution in [-0.4, -0.2) is 17.5 Å². The van der Waals surface area contributed by atoms with Crippen LogP contribution in [-0.2, 0) is 10.3 Å². The molecule has 2 rings (SSSR count). The largest absolute Gasteiger partial charge is 0.484 e. The second kappa shape index (κ2) is 5.92. The van der Waals surface area contributed by atoms with E-state index in [1.165, 1.54) is 11.3 Å². The van der Waals surface area contributed by atoms with E-state index in [1.54, 1.807) is 30.5 Å². The second-order valence-electron chi connectivity index (χ2n) is 4.87. The first-order chi connectivity index (χ1) is 9.47. The van der Waals surface area contributed by atoms with Crippen molar-refractivity contribution in [3.05, 3.63) is 40.8 Å². The number of thiazole rings is 1. The third-order valence-electron chi connectivity index (χ3n) is 2.65. The van der Waals surface area contributed by atoms with Gasteiger partial charge in [0, 0.05) is 23.3 Å². The van der Waals surface area contributed by atoms with Crippen LogP contribution in [0.5, 0.6) is 5.75 Å². The number of hydrogen-bond donors (Lipinski definition) is 2. The molecule has 0 atom stereocenters. The molecule has 106 valence electrons. The highest BCUT2D eigenvalue weighted by Gasteiger charge is 2.25. The molecule has 1 heterocycles. The molecule has 0 bridgehead atoms.